The van der Waals surface area contributed by atoms with Gasteiger partial charge in [0.2, 0.25) is 5.95 Å². The highest BCUT2D eigenvalue weighted by Crippen LogP contribution is 2.18. The van der Waals surface area contributed by atoms with E-state index in [2.05, 4.69) is 20.3 Å². The molecule has 0 aromatic carbocycles. The second-order valence-electron chi connectivity index (χ2n) is 4.08. The Bertz CT molecular complexity index is 697. The summed E-state index contributed by atoms with van der Waals surface area (Å²) in [4.78, 5) is 35.2. The third-order valence-corrected chi connectivity index (χ3v) is 2.99. The summed E-state index contributed by atoms with van der Waals surface area (Å²) >= 11 is 11.4. The molecule has 114 valence electrons. The SMILES string of the molecule is C[C@H](OC(=O)c1ccc(Cl)nc1Cl)C(=O)Nc1ncccn1. The largest absolute Gasteiger partial charge is 0.449 e. The van der Waals surface area contributed by atoms with Crippen molar-refractivity contribution >= 4 is 41.0 Å². The number of aromatic nitrogens is 3. The fourth-order valence-electron chi connectivity index (χ4n) is 1.42. The van der Waals surface area contributed by atoms with Gasteiger partial charge in [0.25, 0.3) is 5.91 Å². The van der Waals surface area contributed by atoms with Crippen LogP contribution in [0.3, 0.4) is 0 Å². The van der Waals surface area contributed by atoms with E-state index in [0.717, 1.165) is 0 Å². The number of hydrogen-bond donors (Lipinski definition) is 1. The number of amides is 1. The Hall–Kier alpha value is -2.25. The molecule has 0 fully saturated rings. The normalized spacial score (nSPS) is 11.6. The lowest BCUT2D eigenvalue weighted by atomic mass is 10.3. The summed E-state index contributed by atoms with van der Waals surface area (Å²) < 4.78 is 5.02. The van der Waals surface area contributed by atoms with Crippen LogP contribution in [0.2, 0.25) is 10.3 Å². The highest BCUT2D eigenvalue weighted by molar-refractivity contribution is 6.34. The number of nitrogens with one attached hydrogen (secondary N) is 1. The topological polar surface area (TPSA) is 94.1 Å². The Balaban J connectivity index is 2.00. The molecule has 0 aliphatic heterocycles. The molecule has 2 aromatic rings. The van der Waals surface area contributed by atoms with Crippen molar-refractivity contribution in [1.82, 2.24) is 15.0 Å². The molecule has 1 amide bonds. The number of hydrogen-bond acceptors (Lipinski definition) is 6. The van der Waals surface area contributed by atoms with E-state index in [-0.39, 0.29) is 21.8 Å². The number of carbonyl (C=O) groups is 2. The summed E-state index contributed by atoms with van der Waals surface area (Å²) in [5.74, 6) is -1.25. The first-order valence-electron chi connectivity index (χ1n) is 6.08. The van der Waals surface area contributed by atoms with Crippen LogP contribution >= 0.6 is 23.2 Å². The number of ether oxygens (including phenoxy) is 1. The van der Waals surface area contributed by atoms with Gasteiger partial charge in [-0.15, -0.1) is 0 Å². The number of nitrogens with zero attached hydrogens (tertiary/aromatic N) is 3. The molecule has 0 saturated carbocycles. The van der Waals surface area contributed by atoms with Gasteiger partial charge in [-0.1, -0.05) is 23.2 Å². The summed E-state index contributed by atoms with van der Waals surface area (Å²) in [6, 6.07) is 4.37. The minimum atomic E-state index is -1.07. The van der Waals surface area contributed by atoms with Gasteiger partial charge in [-0.3, -0.25) is 10.1 Å². The molecule has 22 heavy (non-hydrogen) atoms. The molecule has 2 aromatic heterocycles. The summed E-state index contributed by atoms with van der Waals surface area (Å²) in [6.45, 7) is 1.41. The molecule has 0 saturated heterocycles. The van der Waals surface area contributed by atoms with Gasteiger partial charge in [0, 0.05) is 12.4 Å². The van der Waals surface area contributed by atoms with Gasteiger partial charge in [0.1, 0.15) is 10.3 Å². The number of anilines is 1. The van der Waals surface area contributed by atoms with Gasteiger partial charge in [-0.25, -0.2) is 19.7 Å². The second kappa shape index (κ2) is 7.15. The molecule has 9 heteroatoms. The third-order valence-electron chi connectivity index (χ3n) is 2.49. The molecule has 0 bridgehead atoms. The number of halogens is 2. The first kappa shape index (κ1) is 16.1. The van der Waals surface area contributed by atoms with E-state index in [1.54, 1.807) is 6.07 Å². The van der Waals surface area contributed by atoms with Crippen molar-refractivity contribution in [1.29, 1.82) is 0 Å². The second-order valence-corrected chi connectivity index (χ2v) is 4.83. The van der Waals surface area contributed by atoms with Crippen LogP contribution in [0.15, 0.2) is 30.6 Å². The molecule has 1 N–H and O–H groups in total. The summed E-state index contributed by atoms with van der Waals surface area (Å²) in [5, 5.41) is 2.46. The minimum absolute atomic E-state index is 0.0154. The number of pyridine rings is 1. The quantitative estimate of drug-likeness (QED) is 0.678. The maximum atomic E-state index is 11.9. The molecule has 0 spiro atoms. The Morgan fingerprint density at radius 1 is 1.23 bits per heavy atom. The van der Waals surface area contributed by atoms with Crippen LogP contribution < -0.4 is 5.32 Å². The molecule has 2 heterocycles. The Labute approximate surface area is 135 Å². The van der Waals surface area contributed by atoms with Crippen LogP contribution in [-0.2, 0) is 9.53 Å². The average molecular weight is 341 g/mol. The van der Waals surface area contributed by atoms with Crippen LogP contribution in [0.25, 0.3) is 0 Å². The van der Waals surface area contributed by atoms with Crippen LogP contribution in [0.1, 0.15) is 17.3 Å². The fraction of sp³-hybridized carbons (Fsp3) is 0.154. The number of esters is 1. The van der Waals surface area contributed by atoms with Gasteiger partial charge in [-0.05, 0) is 25.1 Å². The van der Waals surface area contributed by atoms with Crippen LogP contribution in [0, 0.1) is 0 Å². The number of rotatable bonds is 4. The van der Waals surface area contributed by atoms with Crippen molar-refractivity contribution in [2.45, 2.75) is 13.0 Å². The van der Waals surface area contributed by atoms with E-state index < -0.39 is 18.0 Å². The molecule has 0 aliphatic rings. The van der Waals surface area contributed by atoms with Gasteiger partial charge in [0.05, 0.1) is 5.56 Å². The van der Waals surface area contributed by atoms with Crippen LogP contribution in [-0.4, -0.2) is 32.9 Å². The molecular formula is C13H10Cl2N4O3. The average Bonchev–Trinajstić information content (AvgIpc) is 2.47. The van der Waals surface area contributed by atoms with Gasteiger partial charge in [-0.2, -0.15) is 0 Å². The van der Waals surface area contributed by atoms with Gasteiger partial charge in [0.15, 0.2) is 6.10 Å². The standard InChI is InChI=1S/C13H10Cl2N4O3/c1-7(11(20)19-13-16-5-2-6-17-13)22-12(21)8-3-4-9(14)18-10(8)15/h2-7H,1H3,(H,16,17,19,20)/t7-/m0/s1. The summed E-state index contributed by atoms with van der Waals surface area (Å²) in [5.41, 5.74) is 0.0154. The monoisotopic (exact) mass is 340 g/mol. The van der Waals surface area contributed by atoms with E-state index >= 15 is 0 Å². The number of carbonyl (C=O) groups excluding carboxylic acids is 2. The van der Waals surface area contributed by atoms with E-state index in [1.807, 2.05) is 0 Å². The summed E-state index contributed by atoms with van der Waals surface area (Å²) in [7, 11) is 0. The molecule has 7 nitrogen and oxygen atoms in total. The van der Waals surface area contributed by atoms with Crippen molar-refractivity contribution in [3.05, 3.63) is 46.5 Å². The molecule has 0 aliphatic carbocycles. The summed E-state index contributed by atoms with van der Waals surface area (Å²) in [6.07, 6.45) is 1.87. The highest BCUT2D eigenvalue weighted by atomic mass is 35.5. The van der Waals surface area contributed by atoms with E-state index in [0.29, 0.717) is 0 Å². The smallest absolute Gasteiger partial charge is 0.342 e. The molecule has 1 atom stereocenters. The van der Waals surface area contributed by atoms with Crippen molar-refractivity contribution in [2.75, 3.05) is 5.32 Å². The first-order valence-corrected chi connectivity index (χ1v) is 6.84. The first-order chi connectivity index (χ1) is 10.5. The molecular weight excluding hydrogens is 331 g/mol. The molecule has 0 unspecified atom stereocenters. The van der Waals surface area contributed by atoms with E-state index in [9.17, 15) is 9.59 Å². The van der Waals surface area contributed by atoms with E-state index in [1.165, 1.54) is 31.5 Å². The predicted octanol–water partition coefficient (Wildman–Crippen LogP) is 2.36. The van der Waals surface area contributed by atoms with Crippen LogP contribution in [0.5, 0.6) is 0 Å². The lowest BCUT2D eigenvalue weighted by Crippen LogP contribution is -2.30. The van der Waals surface area contributed by atoms with Gasteiger partial charge >= 0.3 is 5.97 Å². The van der Waals surface area contributed by atoms with Crippen molar-refractivity contribution in [3.63, 3.8) is 0 Å². The zero-order valence-corrected chi connectivity index (χ0v) is 12.8. The maximum absolute atomic E-state index is 11.9. The highest BCUT2D eigenvalue weighted by Gasteiger charge is 2.21. The van der Waals surface area contributed by atoms with Crippen molar-refractivity contribution in [3.8, 4) is 0 Å². The third kappa shape index (κ3) is 4.12. The Morgan fingerprint density at radius 3 is 2.55 bits per heavy atom. The Kier molecular flexibility index (Phi) is 5.24. The Morgan fingerprint density at radius 2 is 1.91 bits per heavy atom. The molecule has 2 rings (SSSR count). The zero-order valence-electron chi connectivity index (χ0n) is 11.3. The van der Waals surface area contributed by atoms with Crippen molar-refractivity contribution in [2.24, 2.45) is 0 Å². The lowest BCUT2D eigenvalue weighted by molar-refractivity contribution is -0.123. The van der Waals surface area contributed by atoms with Crippen molar-refractivity contribution < 1.29 is 14.3 Å². The fourth-order valence-corrected chi connectivity index (χ4v) is 1.84. The predicted molar refractivity (Wildman–Crippen MR) is 79.8 cm³/mol. The maximum Gasteiger partial charge on any atom is 0.342 e. The van der Waals surface area contributed by atoms with Gasteiger partial charge < -0.3 is 4.74 Å². The lowest BCUT2D eigenvalue weighted by Gasteiger charge is -2.13. The zero-order chi connectivity index (χ0) is 16.1. The minimum Gasteiger partial charge on any atom is -0.449 e. The van der Waals surface area contributed by atoms with Crippen LogP contribution in [0.4, 0.5) is 5.95 Å². The van der Waals surface area contributed by atoms with E-state index in [4.69, 9.17) is 27.9 Å². The molecule has 0 radical (unpaired) electrons.